The van der Waals surface area contributed by atoms with E-state index in [2.05, 4.69) is 69.8 Å². The van der Waals surface area contributed by atoms with Crippen LogP contribution in [0.3, 0.4) is 0 Å². The van der Waals surface area contributed by atoms with E-state index in [0.717, 1.165) is 22.5 Å². The van der Waals surface area contributed by atoms with Gasteiger partial charge in [-0.15, -0.1) is 5.10 Å². The van der Waals surface area contributed by atoms with E-state index >= 15 is 0 Å². The Morgan fingerprint density at radius 1 is 1.17 bits per heavy atom. The van der Waals surface area contributed by atoms with Gasteiger partial charge in [-0.2, -0.15) is 5.10 Å². The van der Waals surface area contributed by atoms with Gasteiger partial charge >= 0.3 is 0 Å². The number of aromatic nitrogens is 2. The number of fused-ring (bicyclic) bond motifs is 1. The summed E-state index contributed by atoms with van der Waals surface area (Å²) in [4.78, 5) is 0. The number of pyridine rings is 1. The van der Waals surface area contributed by atoms with Gasteiger partial charge in [-0.05, 0) is 42.5 Å². The number of amidine groups is 1. The lowest BCUT2D eigenvalue weighted by Gasteiger charge is -1.98. The molecule has 5 nitrogen and oxygen atoms in total. The quantitative estimate of drug-likeness (QED) is 0.345. The van der Waals surface area contributed by atoms with Gasteiger partial charge in [0.15, 0.2) is 10.9 Å². The van der Waals surface area contributed by atoms with Gasteiger partial charge in [-0.3, -0.25) is 0 Å². The summed E-state index contributed by atoms with van der Waals surface area (Å²) in [6, 6.07) is 12.5. The fraction of sp³-hybridized carbons (Fsp3) is 0.167. The molecule has 0 saturated heterocycles. The van der Waals surface area contributed by atoms with Crippen LogP contribution in [0.25, 0.3) is 16.9 Å². The summed E-state index contributed by atoms with van der Waals surface area (Å²) in [6.07, 6.45) is 7.85. The van der Waals surface area contributed by atoms with E-state index in [-0.39, 0.29) is 0 Å². The molecule has 3 aromatic rings. The van der Waals surface area contributed by atoms with E-state index in [1.165, 1.54) is 17.3 Å². The van der Waals surface area contributed by atoms with Crippen LogP contribution in [0.4, 0.5) is 0 Å². The van der Waals surface area contributed by atoms with Crippen LogP contribution in [-0.4, -0.2) is 22.2 Å². The normalized spacial score (nSPS) is 12.4. The molecular weight excluding hydrogens is 318 g/mol. The van der Waals surface area contributed by atoms with Crippen molar-refractivity contribution in [3.05, 3.63) is 59.9 Å². The number of hydrogen-bond donors (Lipinski definition) is 1. The maximum Gasteiger partial charge on any atom is 0.286 e. The Morgan fingerprint density at radius 2 is 1.92 bits per heavy atom. The average Bonchev–Trinajstić information content (AvgIpc) is 2.91. The molecule has 122 valence electrons. The smallest absolute Gasteiger partial charge is 0.286 e. The van der Waals surface area contributed by atoms with Crippen molar-refractivity contribution in [1.29, 1.82) is 0 Å². The van der Waals surface area contributed by atoms with Crippen LogP contribution >= 0.6 is 11.8 Å². The molecule has 0 aliphatic heterocycles. The van der Waals surface area contributed by atoms with Gasteiger partial charge in [-0.25, -0.2) is 8.97 Å². The van der Waals surface area contributed by atoms with Crippen LogP contribution in [0, 0.1) is 6.92 Å². The largest absolute Gasteiger partial charge is 0.377 e. The van der Waals surface area contributed by atoms with Gasteiger partial charge < -0.3 is 5.73 Å². The minimum Gasteiger partial charge on any atom is -0.377 e. The fourth-order valence-corrected chi connectivity index (χ4v) is 2.68. The molecule has 2 N–H and O–H groups in total. The van der Waals surface area contributed by atoms with Gasteiger partial charge in [0.25, 0.3) is 5.65 Å². The lowest BCUT2D eigenvalue weighted by Crippen LogP contribution is -2.18. The summed E-state index contributed by atoms with van der Waals surface area (Å²) in [5, 5.41) is 8.32. The first-order chi connectivity index (χ1) is 11.6. The number of thioether (sulfide) groups is 1. The number of rotatable bonds is 3. The van der Waals surface area contributed by atoms with Gasteiger partial charge in [-0.1, -0.05) is 23.9 Å². The molecule has 6 heteroatoms. The highest BCUT2D eigenvalue weighted by Gasteiger charge is 2.15. The predicted molar refractivity (Wildman–Crippen MR) is 101 cm³/mol. The standard InChI is InChI=1S/C18H20N5S/c1-13-4-9-17-22(2)16(12-23(17)11-13)15-7-5-14(6-8-15)10-20-21-18(19)24-3/h4-12H,1-3H3,(H2,19,21)/q+1/b20-10-. The van der Waals surface area contributed by atoms with Crippen LogP contribution in [0.5, 0.6) is 0 Å². The summed E-state index contributed by atoms with van der Waals surface area (Å²) in [7, 11) is 2.08. The fourth-order valence-electron chi connectivity index (χ4n) is 2.55. The second-order valence-electron chi connectivity index (χ2n) is 5.55. The van der Waals surface area contributed by atoms with Crippen molar-refractivity contribution in [2.24, 2.45) is 23.0 Å². The Labute approximate surface area is 145 Å². The summed E-state index contributed by atoms with van der Waals surface area (Å²) in [5.74, 6) is 0. The topological polar surface area (TPSA) is 59.8 Å². The zero-order valence-corrected chi connectivity index (χ0v) is 14.8. The summed E-state index contributed by atoms with van der Waals surface area (Å²) < 4.78 is 4.34. The number of hydrogen-bond acceptors (Lipinski definition) is 3. The highest BCUT2D eigenvalue weighted by molar-refractivity contribution is 8.13. The second kappa shape index (κ2) is 6.88. The Morgan fingerprint density at radius 3 is 2.62 bits per heavy atom. The van der Waals surface area contributed by atoms with Gasteiger partial charge in [0.05, 0.1) is 19.5 Å². The Hall–Kier alpha value is -2.60. The molecule has 0 atom stereocenters. The summed E-state index contributed by atoms with van der Waals surface area (Å²) in [5.41, 5.74) is 11.3. The molecular formula is C18H20N5S+. The molecule has 0 saturated carbocycles. The van der Waals surface area contributed by atoms with Crippen molar-refractivity contribution >= 4 is 28.8 Å². The minimum absolute atomic E-state index is 0.450. The van der Waals surface area contributed by atoms with Crippen LogP contribution in [0.15, 0.2) is 59.0 Å². The zero-order chi connectivity index (χ0) is 17.1. The number of nitrogens with zero attached hydrogens (tertiary/aromatic N) is 4. The first-order valence-corrected chi connectivity index (χ1v) is 8.79. The molecule has 0 aliphatic carbocycles. The number of nitrogens with two attached hydrogens (primary N) is 1. The third kappa shape index (κ3) is 3.33. The van der Waals surface area contributed by atoms with Crippen molar-refractivity contribution in [3.63, 3.8) is 0 Å². The van der Waals surface area contributed by atoms with Crippen molar-refractivity contribution in [1.82, 2.24) is 4.57 Å². The third-order valence-electron chi connectivity index (χ3n) is 3.85. The Balaban J connectivity index is 1.90. The highest BCUT2D eigenvalue weighted by Crippen LogP contribution is 2.20. The lowest BCUT2D eigenvalue weighted by molar-refractivity contribution is -0.510. The lowest BCUT2D eigenvalue weighted by atomic mass is 10.1. The van der Waals surface area contributed by atoms with Crippen LogP contribution in [0.1, 0.15) is 11.1 Å². The first-order valence-electron chi connectivity index (χ1n) is 7.57. The highest BCUT2D eigenvalue weighted by atomic mass is 32.2. The van der Waals surface area contributed by atoms with Crippen LogP contribution in [-0.2, 0) is 7.05 Å². The third-order valence-corrected chi connectivity index (χ3v) is 4.35. The molecule has 0 fully saturated rings. The number of benzene rings is 1. The molecule has 24 heavy (non-hydrogen) atoms. The van der Waals surface area contributed by atoms with Crippen LogP contribution < -0.4 is 10.1 Å². The molecule has 0 unspecified atom stereocenters. The maximum atomic E-state index is 5.60. The first kappa shape index (κ1) is 16.3. The molecule has 1 aromatic carbocycles. The molecule has 0 aliphatic rings. The average molecular weight is 338 g/mol. The molecule has 0 spiro atoms. The number of aryl methyl sites for hydroxylation is 2. The van der Waals surface area contributed by atoms with E-state index < -0.39 is 0 Å². The molecule has 0 bridgehead atoms. The maximum absolute atomic E-state index is 5.60. The SMILES string of the molecule is CSC(N)=N/N=C\c1ccc(-c2c[n+]3cc(C)ccc3n2C)cc1. The zero-order valence-electron chi connectivity index (χ0n) is 14.0. The van der Waals surface area contributed by atoms with Gasteiger partial charge in [0.1, 0.15) is 6.20 Å². The monoisotopic (exact) mass is 338 g/mol. The van der Waals surface area contributed by atoms with E-state index in [1.54, 1.807) is 6.21 Å². The van der Waals surface area contributed by atoms with Crippen LogP contribution in [0.2, 0.25) is 0 Å². The van der Waals surface area contributed by atoms with Gasteiger partial charge in [0, 0.05) is 11.6 Å². The molecule has 2 aromatic heterocycles. The molecule has 3 rings (SSSR count). The number of imidazole rings is 1. The molecule has 0 amide bonds. The van der Waals surface area contributed by atoms with Crippen molar-refractivity contribution < 1.29 is 4.40 Å². The molecule has 0 radical (unpaired) electrons. The second-order valence-corrected chi connectivity index (χ2v) is 6.38. The minimum atomic E-state index is 0.450. The van der Waals surface area contributed by atoms with Crippen molar-refractivity contribution in [2.45, 2.75) is 6.92 Å². The van der Waals surface area contributed by atoms with Crippen molar-refractivity contribution in [2.75, 3.05) is 6.26 Å². The van der Waals surface area contributed by atoms with E-state index in [9.17, 15) is 0 Å². The van der Waals surface area contributed by atoms with Crippen molar-refractivity contribution in [3.8, 4) is 11.3 Å². The van der Waals surface area contributed by atoms with Gasteiger partial charge in [0.2, 0.25) is 0 Å². The summed E-state index contributed by atoms with van der Waals surface area (Å²) in [6.45, 7) is 2.10. The Bertz CT molecular complexity index is 922. The molecule has 2 heterocycles. The summed E-state index contributed by atoms with van der Waals surface area (Å²) >= 11 is 1.37. The van der Waals surface area contributed by atoms with E-state index in [4.69, 9.17) is 5.73 Å². The Kier molecular flexibility index (Phi) is 4.66. The predicted octanol–water partition coefficient (Wildman–Crippen LogP) is 2.75. The van der Waals surface area contributed by atoms with E-state index in [0.29, 0.717) is 5.17 Å². The van der Waals surface area contributed by atoms with E-state index in [1.807, 2.05) is 18.4 Å².